The Labute approximate surface area is 171 Å². The Morgan fingerprint density at radius 2 is 1.90 bits per heavy atom. The number of carbonyl (C=O) groups excluding carboxylic acids is 1. The van der Waals surface area contributed by atoms with Crippen molar-refractivity contribution >= 4 is 16.8 Å². The normalized spacial score (nSPS) is 12.2. The van der Waals surface area contributed by atoms with Crippen LogP contribution in [0.5, 0.6) is 0 Å². The molecule has 0 bridgehead atoms. The van der Waals surface area contributed by atoms with Crippen LogP contribution in [0.4, 0.5) is 0 Å². The Bertz CT molecular complexity index is 1110. The van der Waals surface area contributed by atoms with E-state index in [-0.39, 0.29) is 11.9 Å². The zero-order valence-electron chi connectivity index (χ0n) is 16.9. The van der Waals surface area contributed by atoms with E-state index in [0.717, 1.165) is 18.5 Å². The average Bonchev–Trinajstić information content (AvgIpc) is 3.36. The van der Waals surface area contributed by atoms with E-state index in [2.05, 4.69) is 59.2 Å². The van der Waals surface area contributed by atoms with Gasteiger partial charge in [0.2, 0.25) is 0 Å². The topological polar surface area (TPSA) is 51.9 Å². The number of hydrogen-bond donors (Lipinski definition) is 1. The molecule has 2 aromatic heterocycles. The van der Waals surface area contributed by atoms with Gasteiger partial charge >= 0.3 is 0 Å². The van der Waals surface area contributed by atoms with E-state index in [1.807, 2.05) is 35.0 Å². The van der Waals surface area contributed by atoms with Crippen LogP contribution in [0.3, 0.4) is 0 Å². The van der Waals surface area contributed by atoms with Crippen LogP contribution in [-0.2, 0) is 19.5 Å². The number of aromatic nitrogens is 3. The average molecular weight is 386 g/mol. The van der Waals surface area contributed by atoms with Gasteiger partial charge in [-0.15, -0.1) is 0 Å². The molecule has 4 rings (SSSR count). The minimum Gasteiger partial charge on any atom is -0.349 e. The van der Waals surface area contributed by atoms with Crippen molar-refractivity contribution < 1.29 is 4.79 Å². The highest BCUT2D eigenvalue weighted by Gasteiger charge is 2.16. The third-order valence-corrected chi connectivity index (χ3v) is 5.29. The van der Waals surface area contributed by atoms with E-state index in [1.54, 1.807) is 12.5 Å². The van der Waals surface area contributed by atoms with Crippen LogP contribution < -0.4 is 5.32 Å². The van der Waals surface area contributed by atoms with Crippen LogP contribution >= 0.6 is 0 Å². The number of nitrogens with one attached hydrogen (secondary N) is 1. The van der Waals surface area contributed by atoms with Gasteiger partial charge in [0.05, 0.1) is 6.33 Å². The minimum atomic E-state index is -0.0348. The number of para-hydroxylation sites is 1. The summed E-state index contributed by atoms with van der Waals surface area (Å²) in [4.78, 5) is 17.1. The van der Waals surface area contributed by atoms with Gasteiger partial charge in [0.25, 0.3) is 5.91 Å². The molecule has 29 heavy (non-hydrogen) atoms. The molecular formula is C24H26N4O. The maximum absolute atomic E-state index is 13.0. The number of carbonyl (C=O) groups is 1. The molecular weight excluding hydrogens is 360 g/mol. The summed E-state index contributed by atoms with van der Waals surface area (Å²) >= 11 is 0. The Balaban J connectivity index is 1.50. The molecule has 0 aliphatic rings. The quantitative estimate of drug-likeness (QED) is 0.516. The second-order valence-corrected chi connectivity index (χ2v) is 7.43. The molecule has 0 aliphatic carbocycles. The lowest BCUT2D eigenvalue weighted by molar-refractivity contribution is 0.0939. The maximum Gasteiger partial charge on any atom is 0.251 e. The van der Waals surface area contributed by atoms with Crippen molar-refractivity contribution in [1.82, 2.24) is 19.4 Å². The van der Waals surface area contributed by atoms with Crippen LogP contribution in [0, 0.1) is 0 Å². The molecule has 0 unspecified atom stereocenters. The summed E-state index contributed by atoms with van der Waals surface area (Å²) < 4.78 is 4.23. The summed E-state index contributed by atoms with van der Waals surface area (Å²) in [5.74, 6) is -0.0348. The van der Waals surface area contributed by atoms with Crippen molar-refractivity contribution in [3.8, 4) is 0 Å². The Kier molecular flexibility index (Phi) is 5.47. The Hall–Kier alpha value is -3.34. The van der Waals surface area contributed by atoms with Crippen LogP contribution in [0.1, 0.15) is 35.3 Å². The van der Waals surface area contributed by atoms with Crippen molar-refractivity contribution in [2.75, 3.05) is 0 Å². The second kappa shape index (κ2) is 8.35. The molecule has 0 saturated carbocycles. The van der Waals surface area contributed by atoms with Crippen molar-refractivity contribution in [3.05, 3.63) is 90.1 Å². The number of hydrogen-bond acceptors (Lipinski definition) is 2. The standard InChI is InChI=1S/C24H26N4O/c1-3-28-16-20(21-9-6-7-11-23(21)28)14-18(2)26-24(29)22-10-5-4-8-19(22)15-27-13-12-25-17-27/h4-13,16-18H,3,14-15H2,1-2H3,(H,26,29)/t18-/m0/s1. The molecule has 1 N–H and O–H groups in total. The number of benzene rings is 2. The third-order valence-electron chi connectivity index (χ3n) is 5.29. The predicted octanol–water partition coefficient (Wildman–Crippen LogP) is 4.27. The smallest absolute Gasteiger partial charge is 0.251 e. The summed E-state index contributed by atoms with van der Waals surface area (Å²) in [7, 11) is 0. The zero-order chi connectivity index (χ0) is 20.2. The fourth-order valence-electron chi connectivity index (χ4n) is 3.89. The molecule has 5 nitrogen and oxygen atoms in total. The van der Waals surface area contributed by atoms with E-state index < -0.39 is 0 Å². The van der Waals surface area contributed by atoms with Crippen molar-refractivity contribution in [1.29, 1.82) is 0 Å². The minimum absolute atomic E-state index is 0.0277. The molecule has 148 valence electrons. The number of fused-ring (bicyclic) bond motifs is 1. The monoisotopic (exact) mass is 386 g/mol. The first-order valence-electron chi connectivity index (χ1n) is 10.1. The molecule has 0 saturated heterocycles. The summed E-state index contributed by atoms with van der Waals surface area (Å²) in [5.41, 5.74) is 4.21. The van der Waals surface area contributed by atoms with Crippen LogP contribution in [0.15, 0.2) is 73.4 Å². The molecule has 0 spiro atoms. The number of imidazole rings is 1. The van der Waals surface area contributed by atoms with Gasteiger partial charge in [-0.1, -0.05) is 36.4 Å². The van der Waals surface area contributed by atoms with Gasteiger partial charge < -0.3 is 14.5 Å². The van der Waals surface area contributed by atoms with Crippen LogP contribution in [-0.4, -0.2) is 26.1 Å². The highest BCUT2D eigenvalue weighted by molar-refractivity contribution is 5.96. The first-order valence-corrected chi connectivity index (χ1v) is 10.1. The fourth-order valence-corrected chi connectivity index (χ4v) is 3.89. The first-order chi connectivity index (χ1) is 14.2. The lowest BCUT2D eigenvalue weighted by Gasteiger charge is -2.16. The molecule has 0 aliphatic heterocycles. The third kappa shape index (κ3) is 4.09. The lowest BCUT2D eigenvalue weighted by Crippen LogP contribution is -2.34. The van der Waals surface area contributed by atoms with Gasteiger partial charge in [0.15, 0.2) is 0 Å². The zero-order valence-corrected chi connectivity index (χ0v) is 16.9. The van der Waals surface area contributed by atoms with Crippen molar-refractivity contribution in [2.24, 2.45) is 0 Å². The van der Waals surface area contributed by atoms with Gasteiger partial charge in [-0.3, -0.25) is 4.79 Å². The summed E-state index contributed by atoms with van der Waals surface area (Å²) in [6.45, 7) is 5.78. The highest BCUT2D eigenvalue weighted by Crippen LogP contribution is 2.22. The largest absolute Gasteiger partial charge is 0.349 e. The summed E-state index contributed by atoms with van der Waals surface area (Å²) in [6, 6.07) is 16.2. The van der Waals surface area contributed by atoms with Crippen molar-refractivity contribution in [3.63, 3.8) is 0 Å². The predicted molar refractivity (Wildman–Crippen MR) is 116 cm³/mol. The summed E-state index contributed by atoms with van der Waals surface area (Å²) in [5, 5.41) is 4.44. The Morgan fingerprint density at radius 3 is 2.69 bits per heavy atom. The molecule has 4 aromatic rings. The van der Waals surface area contributed by atoms with E-state index >= 15 is 0 Å². The molecule has 1 atom stereocenters. The molecule has 0 fully saturated rings. The summed E-state index contributed by atoms with van der Waals surface area (Å²) in [6.07, 6.45) is 8.42. The first kappa shape index (κ1) is 19.0. The van der Waals surface area contributed by atoms with Gasteiger partial charge in [0, 0.05) is 54.2 Å². The van der Waals surface area contributed by atoms with E-state index in [0.29, 0.717) is 12.1 Å². The highest BCUT2D eigenvalue weighted by atomic mass is 16.1. The van der Waals surface area contributed by atoms with Gasteiger partial charge in [-0.05, 0) is 43.5 Å². The number of aryl methyl sites for hydroxylation is 1. The molecule has 2 heterocycles. The van der Waals surface area contributed by atoms with Gasteiger partial charge in [-0.2, -0.15) is 0 Å². The van der Waals surface area contributed by atoms with Gasteiger partial charge in [-0.25, -0.2) is 4.98 Å². The molecule has 5 heteroatoms. The van der Waals surface area contributed by atoms with E-state index in [4.69, 9.17) is 0 Å². The van der Waals surface area contributed by atoms with Crippen LogP contribution in [0.25, 0.3) is 10.9 Å². The Morgan fingerprint density at radius 1 is 1.10 bits per heavy atom. The maximum atomic E-state index is 13.0. The van der Waals surface area contributed by atoms with Crippen LogP contribution in [0.2, 0.25) is 0 Å². The van der Waals surface area contributed by atoms with Gasteiger partial charge in [0.1, 0.15) is 0 Å². The molecule has 1 amide bonds. The molecule has 2 aromatic carbocycles. The second-order valence-electron chi connectivity index (χ2n) is 7.43. The van der Waals surface area contributed by atoms with E-state index in [1.165, 1.54) is 16.5 Å². The van der Waals surface area contributed by atoms with Crippen molar-refractivity contribution in [2.45, 2.75) is 39.4 Å². The fraction of sp³-hybridized carbons (Fsp3) is 0.250. The van der Waals surface area contributed by atoms with E-state index in [9.17, 15) is 4.79 Å². The molecule has 0 radical (unpaired) electrons. The number of nitrogens with zero attached hydrogens (tertiary/aromatic N) is 3. The number of amides is 1. The number of rotatable bonds is 7. The SMILES string of the molecule is CCn1cc(C[C@H](C)NC(=O)c2ccccc2Cn2ccnc2)c2ccccc21. The lowest BCUT2D eigenvalue weighted by atomic mass is 10.0.